The fraction of sp³-hybridized carbons (Fsp3) is 0.231. The summed E-state index contributed by atoms with van der Waals surface area (Å²) in [6.45, 7) is 2.29. The fourth-order valence-electron chi connectivity index (χ4n) is 5.86. The molecule has 1 fully saturated rings. The smallest absolute Gasteiger partial charge is 0.257 e. The van der Waals surface area contributed by atoms with E-state index in [0.29, 0.717) is 22.9 Å². The third-order valence-corrected chi connectivity index (χ3v) is 7.97. The second kappa shape index (κ2) is 7.34. The zero-order valence-corrected chi connectivity index (χ0v) is 20.1. The third kappa shape index (κ3) is 2.90. The maximum Gasteiger partial charge on any atom is 0.257 e. The Labute approximate surface area is 204 Å². The Hall–Kier alpha value is -2.83. The van der Waals surface area contributed by atoms with Crippen molar-refractivity contribution in [3.63, 3.8) is 0 Å². The van der Waals surface area contributed by atoms with Crippen LogP contribution in [0.2, 0.25) is 5.02 Å². The molecular weight excluding hydrogens is 504 g/mol. The van der Waals surface area contributed by atoms with Gasteiger partial charge in [-0.05, 0) is 48.9 Å². The minimum absolute atomic E-state index is 0.0947. The van der Waals surface area contributed by atoms with Crippen molar-refractivity contribution in [3.05, 3.63) is 92.9 Å². The van der Waals surface area contributed by atoms with Gasteiger partial charge < -0.3 is 15.0 Å². The van der Waals surface area contributed by atoms with Crippen molar-refractivity contribution in [1.82, 2.24) is 4.90 Å². The van der Waals surface area contributed by atoms with Crippen LogP contribution in [-0.2, 0) is 4.79 Å². The maximum atomic E-state index is 14.1. The van der Waals surface area contributed by atoms with Gasteiger partial charge in [0.2, 0.25) is 0 Å². The Bertz CT molecular complexity index is 1310. The van der Waals surface area contributed by atoms with Crippen LogP contribution in [0.15, 0.2) is 71.2 Å². The van der Waals surface area contributed by atoms with Gasteiger partial charge in [0.25, 0.3) is 11.8 Å². The first kappa shape index (κ1) is 20.8. The van der Waals surface area contributed by atoms with Crippen molar-refractivity contribution in [2.45, 2.75) is 24.4 Å². The summed E-state index contributed by atoms with van der Waals surface area (Å²) >= 11 is 9.77. The number of fused-ring (bicyclic) bond motifs is 6. The number of hydrogen-bond acceptors (Lipinski definition) is 3. The maximum absolute atomic E-state index is 14.1. The Balaban J connectivity index is 1.63. The van der Waals surface area contributed by atoms with Gasteiger partial charge in [0.15, 0.2) is 0 Å². The molecule has 6 rings (SSSR count). The van der Waals surface area contributed by atoms with Crippen LogP contribution in [0.1, 0.15) is 40.4 Å². The third-order valence-electron chi connectivity index (χ3n) is 7.24. The first-order valence-corrected chi connectivity index (χ1v) is 12.0. The van der Waals surface area contributed by atoms with Gasteiger partial charge in [-0.2, -0.15) is 0 Å². The molecule has 2 amide bonds. The van der Waals surface area contributed by atoms with Crippen molar-refractivity contribution in [2.24, 2.45) is 5.92 Å². The molecule has 0 bridgehead atoms. The Morgan fingerprint density at radius 3 is 2.67 bits per heavy atom. The van der Waals surface area contributed by atoms with E-state index in [1.807, 2.05) is 55.5 Å². The second-order valence-electron chi connectivity index (χ2n) is 8.96. The van der Waals surface area contributed by atoms with Crippen molar-refractivity contribution >= 4 is 45.0 Å². The van der Waals surface area contributed by atoms with Crippen LogP contribution in [0.4, 0.5) is 5.69 Å². The van der Waals surface area contributed by atoms with Crippen molar-refractivity contribution in [1.29, 1.82) is 0 Å². The molecule has 3 aliphatic heterocycles. The Kier molecular flexibility index (Phi) is 4.61. The van der Waals surface area contributed by atoms with Gasteiger partial charge in [-0.25, -0.2) is 0 Å². The number of carbonyl (C=O) groups excluding carboxylic acids is 2. The number of anilines is 1. The van der Waals surface area contributed by atoms with Crippen LogP contribution in [0.25, 0.3) is 0 Å². The molecule has 7 heteroatoms. The van der Waals surface area contributed by atoms with E-state index in [1.165, 1.54) is 0 Å². The summed E-state index contributed by atoms with van der Waals surface area (Å²) in [5.41, 5.74) is 1.66. The van der Waals surface area contributed by atoms with Gasteiger partial charge in [-0.15, -0.1) is 0 Å². The summed E-state index contributed by atoms with van der Waals surface area (Å²) in [6, 6.07) is 20.5. The average Bonchev–Trinajstić information content (AvgIpc) is 3.05. The lowest BCUT2D eigenvalue weighted by atomic mass is 9.73. The molecule has 3 aromatic rings. The first-order valence-electron chi connectivity index (χ1n) is 10.8. The Morgan fingerprint density at radius 2 is 1.88 bits per heavy atom. The molecule has 33 heavy (non-hydrogen) atoms. The number of nitrogens with zero attached hydrogens (tertiary/aromatic N) is 1. The lowest BCUT2D eigenvalue weighted by molar-refractivity contribution is -0.125. The highest BCUT2D eigenvalue weighted by atomic mass is 79.9. The highest BCUT2D eigenvalue weighted by Crippen LogP contribution is 2.60. The molecule has 166 valence electrons. The highest BCUT2D eigenvalue weighted by molar-refractivity contribution is 9.10. The number of halogens is 2. The molecule has 3 heterocycles. The van der Waals surface area contributed by atoms with E-state index in [2.05, 4.69) is 21.2 Å². The van der Waals surface area contributed by atoms with Gasteiger partial charge >= 0.3 is 0 Å². The molecule has 3 aromatic carbocycles. The van der Waals surface area contributed by atoms with Gasteiger partial charge in [-0.3, -0.25) is 9.59 Å². The average molecular weight is 524 g/mol. The van der Waals surface area contributed by atoms with Gasteiger partial charge in [0.05, 0.1) is 23.9 Å². The minimum atomic E-state index is -1.13. The van der Waals surface area contributed by atoms with Crippen molar-refractivity contribution < 1.29 is 14.3 Å². The van der Waals surface area contributed by atoms with Crippen LogP contribution >= 0.6 is 27.5 Å². The predicted octanol–water partition coefficient (Wildman–Crippen LogP) is 5.80. The summed E-state index contributed by atoms with van der Waals surface area (Å²) in [5.74, 6) is -0.0305. The van der Waals surface area contributed by atoms with Crippen LogP contribution in [0, 0.1) is 5.92 Å². The number of rotatable bonds is 1. The van der Waals surface area contributed by atoms with E-state index in [-0.39, 0.29) is 29.7 Å². The SMILES string of the molecule is C[C@@]12C(=O)Nc3cc(Cl)ccc3C(=O)N1C1c3cc(Br)ccc3OCC1C2c1ccccc1. The molecule has 0 radical (unpaired) electrons. The zero-order valence-electron chi connectivity index (χ0n) is 17.7. The molecular formula is C26H20BrClN2O3. The minimum Gasteiger partial charge on any atom is -0.493 e. The van der Waals surface area contributed by atoms with Crippen LogP contribution in [0.3, 0.4) is 0 Å². The molecule has 3 unspecified atom stereocenters. The van der Waals surface area contributed by atoms with Crippen molar-refractivity contribution in [2.75, 3.05) is 11.9 Å². The van der Waals surface area contributed by atoms with E-state index in [0.717, 1.165) is 21.3 Å². The second-order valence-corrected chi connectivity index (χ2v) is 10.3. The molecule has 0 spiro atoms. The summed E-state index contributed by atoms with van der Waals surface area (Å²) in [6.07, 6.45) is 0. The predicted molar refractivity (Wildman–Crippen MR) is 130 cm³/mol. The molecule has 1 saturated heterocycles. The Morgan fingerprint density at radius 1 is 1.09 bits per heavy atom. The quantitative estimate of drug-likeness (QED) is 0.438. The monoisotopic (exact) mass is 522 g/mol. The number of carbonyl (C=O) groups is 2. The normalized spacial score (nSPS) is 27.5. The van der Waals surface area contributed by atoms with Gasteiger partial charge in [0.1, 0.15) is 11.3 Å². The zero-order chi connectivity index (χ0) is 22.9. The number of hydrogen-bond donors (Lipinski definition) is 1. The molecule has 0 saturated carbocycles. The molecule has 1 N–H and O–H groups in total. The standard InChI is InChI=1S/C26H20BrClN2O3/c1-26-22(14-5-3-2-4-6-14)19-13-33-21-10-7-15(27)11-18(21)23(19)30(26)24(31)17-9-8-16(28)12-20(17)29-25(26)32/h2-12,19,22-23H,13H2,1H3,(H,29,32)/t19?,22?,23?,26-/m1/s1. The number of benzene rings is 3. The molecule has 4 atom stereocenters. The summed E-state index contributed by atoms with van der Waals surface area (Å²) < 4.78 is 7.07. The summed E-state index contributed by atoms with van der Waals surface area (Å²) in [5, 5.41) is 3.48. The van der Waals surface area contributed by atoms with E-state index in [9.17, 15) is 9.59 Å². The topological polar surface area (TPSA) is 58.6 Å². The number of amides is 2. The summed E-state index contributed by atoms with van der Waals surface area (Å²) in [7, 11) is 0. The lowest BCUT2D eigenvalue weighted by Crippen LogP contribution is -2.54. The molecule has 3 aliphatic rings. The highest BCUT2D eigenvalue weighted by Gasteiger charge is 2.65. The van der Waals surface area contributed by atoms with Gasteiger partial charge in [0, 0.05) is 26.9 Å². The number of nitrogens with one attached hydrogen (secondary N) is 1. The van der Waals surface area contributed by atoms with E-state index >= 15 is 0 Å². The molecule has 5 nitrogen and oxygen atoms in total. The molecule has 0 aliphatic carbocycles. The van der Waals surface area contributed by atoms with Crippen LogP contribution in [-0.4, -0.2) is 28.9 Å². The van der Waals surface area contributed by atoms with E-state index in [4.69, 9.17) is 16.3 Å². The number of ether oxygens (including phenoxy) is 1. The largest absolute Gasteiger partial charge is 0.493 e. The lowest BCUT2D eigenvalue weighted by Gasteiger charge is -2.38. The first-order chi connectivity index (χ1) is 15.9. The van der Waals surface area contributed by atoms with Crippen molar-refractivity contribution in [3.8, 4) is 5.75 Å². The van der Waals surface area contributed by atoms with E-state index < -0.39 is 5.54 Å². The van der Waals surface area contributed by atoms with Gasteiger partial charge in [-0.1, -0.05) is 57.9 Å². The van der Waals surface area contributed by atoms with Crippen LogP contribution in [0.5, 0.6) is 5.75 Å². The van der Waals surface area contributed by atoms with Crippen LogP contribution < -0.4 is 10.1 Å². The fourth-order valence-corrected chi connectivity index (χ4v) is 6.41. The van der Waals surface area contributed by atoms with E-state index in [1.54, 1.807) is 23.1 Å². The summed E-state index contributed by atoms with van der Waals surface area (Å²) in [4.78, 5) is 29.9. The molecule has 0 aromatic heterocycles.